The molecule has 0 unspecified atom stereocenters. The standard InChI is InChI=1S/C45H37NO/c47-45(40-10-4-1-5-11-40)41-28-26-39(27-29-41)38-24-20-36(21-25-38)32-34-16-18-35(19-17-34)33-37-22-30-44(31-23-37)46(42-12-6-2-7-13-42)43-14-8-3-9-15-43/h1-15,20-33H,16-19H2. The fourth-order valence-corrected chi connectivity index (χ4v) is 6.32. The van der Waals surface area contributed by atoms with Crippen molar-refractivity contribution in [2.75, 3.05) is 4.90 Å². The normalized spacial score (nSPS) is 12.8. The molecule has 1 aliphatic rings. The van der Waals surface area contributed by atoms with Gasteiger partial charge in [0.2, 0.25) is 0 Å². The number of nitrogens with zero attached hydrogens (tertiary/aromatic N) is 1. The van der Waals surface area contributed by atoms with E-state index >= 15 is 0 Å². The molecule has 6 aromatic carbocycles. The lowest BCUT2D eigenvalue weighted by Gasteiger charge is -2.25. The number of hydrogen-bond donors (Lipinski definition) is 0. The van der Waals surface area contributed by atoms with Crippen molar-refractivity contribution >= 4 is 35.0 Å². The number of hydrogen-bond acceptors (Lipinski definition) is 2. The number of rotatable bonds is 8. The fraction of sp³-hybridized carbons (Fsp3) is 0.0889. The minimum Gasteiger partial charge on any atom is -0.311 e. The smallest absolute Gasteiger partial charge is 0.193 e. The van der Waals surface area contributed by atoms with Crippen molar-refractivity contribution in [1.29, 1.82) is 0 Å². The number of benzene rings is 6. The van der Waals surface area contributed by atoms with E-state index < -0.39 is 0 Å². The van der Waals surface area contributed by atoms with Crippen LogP contribution in [0.15, 0.2) is 175 Å². The van der Waals surface area contributed by atoms with E-state index in [1.54, 1.807) is 0 Å². The Labute approximate surface area is 278 Å². The summed E-state index contributed by atoms with van der Waals surface area (Å²) in [6, 6.07) is 56.1. The van der Waals surface area contributed by atoms with E-state index in [9.17, 15) is 4.79 Å². The summed E-state index contributed by atoms with van der Waals surface area (Å²) in [6.07, 6.45) is 9.12. The van der Waals surface area contributed by atoms with E-state index in [0.29, 0.717) is 11.1 Å². The zero-order valence-electron chi connectivity index (χ0n) is 26.4. The molecule has 0 amide bonds. The molecule has 0 saturated heterocycles. The van der Waals surface area contributed by atoms with Gasteiger partial charge in [-0.05, 0) is 84.3 Å². The Morgan fingerprint density at radius 2 is 0.766 bits per heavy atom. The molecule has 2 nitrogen and oxygen atoms in total. The van der Waals surface area contributed by atoms with Crippen LogP contribution in [0.5, 0.6) is 0 Å². The second-order valence-electron chi connectivity index (χ2n) is 12.1. The Hall–Kier alpha value is -5.73. The molecule has 0 aliphatic heterocycles. The van der Waals surface area contributed by atoms with Gasteiger partial charge in [0.05, 0.1) is 0 Å². The first-order valence-electron chi connectivity index (χ1n) is 16.4. The van der Waals surface area contributed by atoms with Gasteiger partial charge < -0.3 is 4.90 Å². The molecular formula is C45H37NO. The summed E-state index contributed by atoms with van der Waals surface area (Å²) >= 11 is 0. The Morgan fingerprint density at radius 1 is 0.404 bits per heavy atom. The van der Waals surface area contributed by atoms with Gasteiger partial charge in [0.15, 0.2) is 5.78 Å². The van der Waals surface area contributed by atoms with Crippen LogP contribution in [0.3, 0.4) is 0 Å². The number of carbonyl (C=O) groups excluding carboxylic acids is 1. The van der Waals surface area contributed by atoms with Crippen LogP contribution in [0.4, 0.5) is 17.1 Å². The molecule has 228 valence electrons. The molecule has 2 heteroatoms. The quantitative estimate of drug-likeness (QED) is 0.160. The Morgan fingerprint density at radius 3 is 1.23 bits per heavy atom. The van der Waals surface area contributed by atoms with E-state index in [1.807, 2.05) is 54.6 Å². The summed E-state index contributed by atoms with van der Waals surface area (Å²) in [6.45, 7) is 0. The second-order valence-corrected chi connectivity index (χ2v) is 12.1. The average Bonchev–Trinajstić information content (AvgIpc) is 3.15. The predicted molar refractivity (Wildman–Crippen MR) is 197 cm³/mol. The summed E-state index contributed by atoms with van der Waals surface area (Å²) in [7, 11) is 0. The molecule has 1 fully saturated rings. The van der Waals surface area contributed by atoms with Crippen molar-refractivity contribution < 1.29 is 4.79 Å². The lowest BCUT2D eigenvalue weighted by molar-refractivity contribution is 0.103. The van der Waals surface area contributed by atoms with E-state index in [4.69, 9.17) is 0 Å². The highest BCUT2D eigenvalue weighted by Gasteiger charge is 2.13. The first-order valence-corrected chi connectivity index (χ1v) is 16.4. The summed E-state index contributed by atoms with van der Waals surface area (Å²) in [4.78, 5) is 15.1. The minimum absolute atomic E-state index is 0.0523. The van der Waals surface area contributed by atoms with Crippen molar-refractivity contribution in [2.45, 2.75) is 25.7 Å². The van der Waals surface area contributed by atoms with Gasteiger partial charge >= 0.3 is 0 Å². The van der Waals surface area contributed by atoms with Gasteiger partial charge in [0.1, 0.15) is 0 Å². The van der Waals surface area contributed by atoms with Crippen molar-refractivity contribution in [3.8, 4) is 11.1 Å². The third kappa shape index (κ3) is 7.24. The summed E-state index contributed by atoms with van der Waals surface area (Å²) in [5, 5.41) is 0. The van der Waals surface area contributed by atoms with Gasteiger partial charge in [-0.2, -0.15) is 0 Å². The van der Waals surface area contributed by atoms with Crippen LogP contribution in [-0.4, -0.2) is 5.78 Å². The van der Waals surface area contributed by atoms with Gasteiger partial charge in [-0.15, -0.1) is 0 Å². The SMILES string of the molecule is O=C(c1ccccc1)c1ccc(-c2ccc(C=C3CCC(=Cc4ccc(N(c5ccccc5)c5ccccc5)cc4)CC3)cc2)cc1. The zero-order valence-corrected chi connectivity index (χ0v) is 26.4. The summed E-state index contributed by atoms with van der Waals surface area (Å²) in [5.74, 6) is 0.0523. The van der Waals surface area contributed by atoms with Crippen LogP contribution in [0, 0.1) is 0 Å². The first-order chi connectivity index (χ1) is 23.2. The maximum Gasteiger partial charge on any atom is 0.193 e. The topological polar surface area (TPSA) is 20.3 Å². The zero-order chi connectivity index (χ0) is 31.8. The van der Waals surface area contributed by atoms with Crippen LogP contribution in [0.1, 0.15) is 52.7 Å². The molecule has 7 rings (SSSR count). The summed E-state index contributed by atoms with van der Waals surface area (Å²) < 4.78 is 0. The number of ketones is 1. The maximum atomic E-state index is 12.8. The number of anilines is 3. The molecule has 0 bridgehead atoms. The van der Waals surface area contributed by atoms with Crippen molar-refractivity contribution in [1.82, 2.24) is 0 Å². The van der Waals surface area contributed by atoms with Crippen molar-refractivity contribution in [3.63, 3.8) is 0 Å². The second kappa shape index (κ2) is 14.1. The largest absolute Gasteiger partial charge is 0.311 e. The maximum absolute atomic E-state index is 12.8. The van der Waals surface area contributed by atoms with Crippen LogP contribution in [-0.2, 0) is 0 Å². The highest BCUT2D eigenvalue weighted by molar-refractivity contribution is 6.09. The Kier molecular flexibility index (Phi) is 9.01. The van der Waals surface area contributed by atoms with Gasteiger partial charge in [0.25, 0.3) is 0 Å². The number of allylic oxidation sites excluding steroid dienone is 2. The molecule has 1 aliphatic carbocycles. The van der Waals surface area contributed by atoms with Crippen molar-refractivity contribution in [2.24, 2.45) is 0 Å². The lowest BCUT2D eigenvalue weighted by Crippen LogP contribution is -2.09. The van der Waals surface area contributed by atoms with Crippen LogP contribution < -0.4 is 4.90 Å². The molecule has 0 N–H and O–H groups in total. The molecule has 0 heterocycles. The highest BCUT2D eigenvalue weighted by atomic mass is 16.1. The Balaban J connectivity index is 0.975. The molecule has 47 heavy (non-hydrogen) atoms. The first kappa shape index (κ1) is 30.0. The van der Waals surface area contributed by atoms with Crippen LogP contribution in [0.25, 0.3) is 23.3 Å². The van der Waals surface area contributed by atoms with Gasteiger partial charge in [-0.3, -0.25) is 4.79 Å². The monoisotopic (exact) mass is 607 g/mol. The molecular weight excluding hydrogens is 571 g/mol. The minimum atomic E-state index is 0.0523. The number of para-hydroxylation sites is 2. The summed E-state index contributed by atoms with van der Waals surface area (Å²) in [5.41, 5.74) is 12.7. The molecule has 0 atom stereocenters. The lowest BCUT2D eigenvalue weighted by atomic mass is 9.88. The van der Waals surface area contributed by atoms with Gasteiger partial charge in [-0.25, -0.2) is 0 Å². The van der Waals surface area contributed by atoms with Gasteiger partial charge in [0, 0.05) is 28.2 Å². The third-order valence-corrected chi connectivity index (χ3v) is 8.88. The van der Waals surface area contributed by atoms with Crippen molar-refractivity contribution in [3.05, 3.63) is 197 Å². The van der Waals surface area contributed by atoms with E-state index in [0.717, 1.165) is 53.9 Å². The molecule has 0 radical (unpaired) electrons. The van der Waals surface area contributed by atoms with E-state index in [-0.39, 0.29) is 5.78 Å². The highest BCUT2D eigenvalue weighted by Crippen LogP contribution is 2.35. The Bertz CT molecular complexity index is 1940. The third-order valence-electron chi connectivity index (χ3n) is 8.88. The fourth-order valence-electron chi connectivity index (χ4n) is 6.32. The number of carbonyl (C=O) groups is 1. The van der Waals surface area contributed by atoms with E-state index in [2.05, 4.69) is 126 Å². The average molecular weight is 608 g/mol. The predicted octanol–water partition coefficient (Wildman–Crippen LogP) is 12.1. The van der Waals surface area contributed by atoms with Gasteiger partial charge in [-0.1, -0.05) is 151 Å². The van der Waals surface area contributed by atoms with Crippen LogP contribution >= 0.6 is 0 Å². The molecule has 1 saturated carbocycles. The molecule has 0 aromatic heterocycles. The molecule has 0 spiro atoms. The van der Waals surface area contributed by atoms with E-state index in [1.165, 1.54) is 22.3 Å². The molecule has 6 aromatic rings. The van der Waals surface area contributed by atoms with Crippen LogP contribution in [0.2, 0.25) is 0 Å².